The molecular formula is C21H14ClF3N2O6S2. The van der Waals surface area contributed by atoms with Crippen molar-refractivity contribution in [2.45, 2.75) is 11.1 Å². The third-order valence-corrected chi connectivity index (χ3v) is 5.73. The number of nitro benzene ring substituents is 1. The topological polar surface area (TPSA) is 108 Å². The molecule has 0 saturated heterocycles. The second-order valence-corrected chi connectivity index (χ2v) is 9.80. The monoisotopic (exact) mass is 546 g/mol. The van der Waals surface area contributed by atoms with Gasteiger partial charge in [-0.05, 0) is 42.5 Å². The van der Waals surface area contributed by atoms with Crippen molar-refractivity contribution in [2.75, 3.05) is 6.26 Å². The number of nitro groups is 1. The SMILES string of the molecule is CS(=O)(=O)ON=C(Sc1ccccc1)c1cc(Oc2ccc(C(F)(F)F)cc2Cl)ccc1[N+](=O)[O-]. The molecule has 0 spiro atoms. The molecule has 14 heteroatoms. The zero-order chi connectivity index (χ0) is 25.8. The molecule has 0 bridgehead atoms. The maximum atomic E-state index is 12.9. The molecule has 184 valence electrons. The van der Waals surface area contributed by atoms with Crippen molar-refractivity contribution < 1.29 is 35.5 Å². The first kappa shape index (κ1) is 26.3. The van der Waals surface area contributed by atoms with Crippen molar-refractivity contribution in [2.24, 2.45) is 5.16 Å². The summed E-state index contributed by atoms with van der Waals surface area (Å²) in [7, 11) is -4.04. The summed E-state index contributed by atoms with van der Waals surface area (Å²) in [5.41, 5.74) is -1.59. The van der Waals surface area contributed by atoms with E-state index < -0.39 is 32.5 Å². The normalized spacial score (nSPS) is 12.3. The Morgan fingerprint density at radius 1 is 1.09 bits per heavy atom. The third kappa shape index (κ3) is 7.34. The van der Waals surface area contributed by atoms with Gasteiger partial charge in [-0.25, -0.2) is 0 Å². The van der Waals surface area contributed by atoms with Gasteiger partial charge in [0.2, 0.25) is 0 Å². The second kappa shape index (κ2) is 10.5. The van der Waals surface area contributed by atoms with E-state index in [9.17, 15) is 31.7 Å². The molecule has 0 radical (unpaired) electrons. The number of hydrogen-bond acceptors (Lipinski definition) is 8. The number of oxime groups is 1. The Bertz CT molecular complexity index is 1380. The van der Waals surface area contributed by atoms with E-state index in [1.54, 1.807) is 30.3 Å². The van der Waals surface area contributed by atoms with Crippen LogP contribution in [0.5, 0.6) is 11.5 Å². The van der Waals surface area contributed by atoms with Gasteiger partial charge in [-0.15, -0.1) is 0 Å². The van der Waals surface area contributed by atoms with Crippen LogP contribution in [-0.4, -0.2) is 24.6 Å². The minimum atomic E-state index is -4.61. The van der Waals surface area contributed by atoms with Gasteiger partial charge in [-0.3, -0.25) is 14.4 Å². The molecule has 3 aromatic carbocycles. The fourth-order valence-corrected chi connectivity index (χ4v) is 3.96. The summed E-state index contributed by atoms with van der Waals surface area (Å²) >= 11 is 6.82. The molecule has 3 aromatic rings. The van der Waals surface area contributed by atoms with Gasteiger partial charge >= 0.3 is 16.3 Å². The number of halogens is 4. The van der Waals surface area contributed by atoms with Crippen LogP contribution < -0.4 is 4.74 Å². The molecule has 0 heterocycles. The number of benzene rings is 3. The first-order chi connectivity index (χ1) is 16.3. The molecular weight excluding hydrogens is 533 g/mol. The molecule has 0 fully saturated rings. The molecule has 0 saturated carbocycles. The lowest BCUT2D eigenvalue weighted by Gasteiger charge is -2.12. The Hall–Kier alpha value is -3.29. The molecule has 0 N–H and O–H groups in total. The van der Waals surface area contributed by atoms with Crippen molar-refractivity contribution in [3.63, 3.8) is 0 Å². The molecule has 0 unspecified atom stereocenters. The van der Waals surface area contributed by atoms with Crippen LogP contribution >= 0.6 is 23.4 Å². The maximum Gasteiger partial charge on any atom is 0.416 e. The second-order valence-electron chi connectivity index (χ2n) is 6.77. The first-order valence-corrected chi connectivity index (χ1v) is 12.4. The van der Waals surface area contributed by atoms with Gasteiger partial charge in [0, 0.05) is 11.0 Å². The van der Waals surface area contributed by atoms with E-state index >= 15 is 0 Å². The van der Waals surface area contributed by atoms with Crippen LogP contribution in [0.1, 0.15) is 11.1 Å². The Kier molecular flexibility index (Phi) is 7.93. The highest BCUT2D eigenvalue weighted by molar-refractivity contribution is 8.14. The minimum Gasteiger partial charge on any atom is -0.456 e. The number of nitrogens with zero attached hydrogens (tertiary/aromatic N) is 2. The Labute approximate surface area is 206 Å². The van der Waals surface area contributed by atoms with Gasteiger partial charge in [0.25, 0.3) is 5.69 Å². The van der Waals surface area contributed by atoms with Gasteiger partial charge in [-0.1, -0.05) is 46.7 Å². The fraction of sp³-hybridized carbons (Fsp3) is 0.0952. The first-order valence-electron chi connectivity index (χ1n) is 9.36. The average Bonchev–Trinajstić information content (AvgIpc) is 2.77. The van der Waals surface area contributed by atoms with Crippen LogP contribution in [0.15, 0.2) is 76.8 Å². The molecule has 35 heavy (non-hydrogen) atoms. The van der Waals surface area contributed by atoms with Crippen molar-refractivity contribution in [3.8, 4) is 11.5 Å². The van der Waals surface area contributed by atoms with Gasteiger partial charge in [-0.2, -0.15) is 21.6 Å². The highest BCUT2D eigenvalue weighted by atomic mass is 35.5. The Morgan fingerprint density at radius 2 is 1.77 bits per heavy atom. The average molecular weight is 547 g/mol. The smallest absolute Gasteiger partial charge is 0.416 e. The lowest BCUT2D eigenvalue weighted by atomic mass is 10.1. The van der Waals surface area contributed by atoms with Crippen molar-refractivity contribution in [1.29, 1.82) is 0 Å². The van der Waals surface area contributed by atoms with Gasteiger partial charge in [0.05, 0.1) is 27.3 Å². The zero-order valence-corrected chi connectivity index (χ0v) is 19.9. The van der Waals surface area contributed by atoms with Crippen LogP contribution in [0.4, 0.5) is 18.9 Å². The largest absolute Gasteiger partial charge is 0.456 e. The van der Waals surface area contributed by atoms with Crippen LogP contribution in [0.2, 0.25) is 5.02 Å². The number of ether oxygens (including phenoxy) is 1. The lowest BCUT2D eigenvalue weighted by molar-refractivity contribution is -0.385. The maximum absolute atomic E-state index is 12.9. The minimum absolute atomic E-state index is 0.0343. The van der Waals surface area contributed by atoms with Gasteiger partial charge < -0.3 is 4.74 Å². The van der Waals surface area contributed by atoms with Crippen LogP contribution in [-0.2, 0) is 20.6 Å². The molecule has 0 aliphatic carbocycles. The summed E-state index contributed by atoms with van der Waals surface area (Å²) in [5.74, 6) is -0.172. The molecule has 0 aliphatic rings. The van der Waals surface area contributed by atoms with Crippen LogP contribution in [0, 0.1) is 10.1 Å². The van der Waals surface area contributed by atoms with Crippen molar-refractivity contribution in [1.82, 2.24) is 0 Å². The zero-order valence-electron chi connectivity index (χ0n) is 17.5. The standard InChI is InChI=1S/C21H14ClF3N2O6S2/c1-35(30,31)33-26-20(34-15-5-3-2-4-6-15)16-12-14(8-9-18(16)27(28)29)32-19-10-7-13(11-17(19)22)21(23,24)25/h2-12H,1H3. The van der Waals surface area contributed by atoms with Crippen LogP contribution in [0.25, 0.3) is 0 Å². The number of rotatable bonds is 7. The molecule has 3 rings (SSSR count). The fourth-order valence-electron chi connectivity index (χ4n) is 2.62. The predicted octanol–water partition coefficient (Wildman–Crippen LogP) is 6.49. The Morgan fingerprint density at radius 3 is 2.34 bits per heavy atom. The lowest BCUT2D eigenvalue weighted by Crippen LogP contribution is -2.06. The highest BCUT2D eigenvalue weighted by Gasteiger charge is 2.31. The van der Waals surface area contributed by atoms with Crippen LogP contribution in [0.3, 0.4) is 0 Å². The van der Waals surface area contributed by atoms with Crippen molar-refractivity contribution >= 4 is 44.2 Å². The predicted molar refractivity (Wildman–Crippen MR) is 124 cm³/mol. The third-order valence-electron chi connectivity index (χ3n) is 4.10. The molecule has 0 atom stereocenters. The van der Waals surface area contributed by atoms with E-state index in [2.05, 4.69) is 9.44 Å². The van der Waals surface area contributed by atoms with Gasteiger partial charge in [0.15, 0.2) is 5.04 Å². The van der Waals surface area contributed by atoms with Crippen molar-refractivity contribution in [3.05, 3.63) is 93.0 Å². The quantitative estimate of drug-likeness (QED) is 0.109. The van der Waals surface area contributed by atoms with E-state index in [-0.39, 0.29) is 27.1 Å². The summed E-state index contributed by atoms with van der Waals surface area (Å²) in [6.45, 7) is 0. The summed E-state index contributed by atoms with van der Waals surface area (Å²) < 4.78 is 71.7. The Balaban J connectivity index is 2.05. The summed E-state index contributed by atoms with van der Waals surface area (Å²) in [4.78, 5) is 11.5. The molecule has 0 amide bonds. The van der Waals surface area contributed by atoms with E-state index in [1.807, 2.05) is 0 Å². The van der Waals surface area contributed by atoms with E-state index in [0.29, 0.717) is 11.0 Å². The molecule has 0 aliphatic heterocycles. The van der Waals surface area contributed by atoms with Gasteiger partial charge in [0.1, 0.15) is 11.5 Å². The molecule has 0 aromatic heterocycles. The number of alkyl halides is 3. The van der Waals surface area contributed by atoms with E-state index in [0.717, 1.165) is 36.2 Å². The van der Waals surface area contributed by atoms with E-state index in [1.165, 1.54) is 12.1 Å². The summed E-state index contributed by atoms with van der Waals surface area (Å²) in [6, 6.07) is 14.4. The highest BCUT2D eigenvalue weighted by Crippen LogP contribution is 2.38. The number of thioether (sulfide) groups is 1. The summed E-state index contributed by atoms with van der Waals surface area (Å²) in [6.07, 6.45) is -3.86. The summed E-state index contributed by atoms with van der Waals surface area (Å²) in [5, 5.41) is 14.7. The number of hydrogen-bond donors (Lipinski definition) is 0. The van der Waals surface area contributed by atoms with E-state index in [4.69, 9.17) is 16.3 Å². The molecule has 8 nitrogen and oxygen atoms in total.